The second kappa shape index (κ2) is 12.5. The van der Waals surface area contributed by atoms with E-state index in [9.17, 15) is 4.79 Å². The zero-order valence-corrected chi connectivity index (χ0v) is 21.3. The zero-order valence-electron chi connectivity index (χ0n) is 21.3. The van der Waals surface area contributed by atoms with Gasteiger partial charge in [0, 0.05) is 32.1 Å². The number of rotatable bonds is 13. The van der Waals surface area contributed by atoms with E-state index in [2.05, 4.69) is 30.5 Å². The Morgan fingerprint density at radius 2 is 1.78 bits per heavy atom. The first-order chi connectivity index (χ1) is 17.3. The number of azide groups is 1. The smallest absolute Gasteiger partial charge is 0.281 e. The summed E-state index contributed by atoms with van der Waals surface area (Å²) in [5, 5.41) is 15.2. The maximum Gasteiger partial charge on any atom is 0.281 e. The highest BCUT2D eigenvalue weighted by molar-refractivity contribution is 5.79. The van der Waals surface area contributed by atoms with E-state index in [1.807, 2.05) is 32.9 Å². The lowest BCUT2D eigenvalue weighted by Gasteiger charge is -2.31. The van der Waals surface area contributed by atoms with Gasteiger partial charge in [-0.1, -0.05) is 12.0 Å². The monoisotopic (exact) mass is 501 g/mol. The fourth-order valence-electron chi connectivity index (χ4n) is 3.84. The molecule has 14 nitrogen and oxygen atoms in total. The van der Waals surface area contributed by atoms with Crippen LogP contribution < -0.4 is 5.56 Å². The topological polar surface area (TPSA) is 164 Å². The summed E-state index contributed by atoms with van der Waals surface area (Å²) in [7, 11) is 4.66. The molecule has 194 valence electrons. The van der Waals surface area contributed by atoms with Crippen LogP contribution in [0.5, 0.6) is 0 Å². The summed E-state index contributed by atoms with van der Waals surface area (Å²) in [6, 6.07) is 3.85. The van der Waals surface area contributed by atoms with Crippen LogP contribution in [0.1, 0.15) is 18.1 Å². The molecule has 2 heterocycles. The van der Waals surface area contributed by atoms with Gasteiger partial charge >= 0.3 is 0 Å². The predicted octanol–water partition coefficient (Wildman–Crippen LogP) is 2.13. The van der Waals surface area contributed by atoms with Crippen LogP contribution in [0.25, 0.3) is 33.0 Å². The number of nitrogens with zero attached hydrogens (tertiary/aromatic N) is 9. The highest BCUT2D eigenvalue weighted by Gasteiger charge is 2.29. The van der Waals surface area contributed by atoms with E-state index >= 15 is 0 Å². The lowest BCUT2D eigenvalue weighted by Crippen LogP contribution is -2.41. The summed E-state index contributed by atoms with van der Waals surface area (Å²) in [6.45, 7) is 6.05. The van der Waals surface area contributed by atoms with Gasteiger partial charge in [0.2, 0.25) is 5.82 Å². The van der Waals surface area contributed by atoms with Gasteiger partial charge < -0.3 is 23.5 Å². The molecule has 0 unspecified atom stereocenters. The minimum atomic E-state index is -0.559. The molecule has 36 heavy (non-hydrogen) atoms. The number of ether oxygens (including phenoxy) is 4. The number of aryl methyl sites for hydroxylation is 3. The van der Waals surface area contributed by atoms with Gasteiger partial charge in [-0.15, -0.1) is 5.10 Å². The number of fused-ring (bicyclic) bond motifs is 1. The van der Waals surface area contributed by atoms with Crippen LogP contribution in [0.2, 0.25) is 0 Å². The molecular formula is C22H31N9O5. The highest BCUT2D eigenvalue weighted by atomic mass is 16.7. The second-order valence-electron chi connectivity index (χ2n) is 8.42. The standard InChI is InChI=1S/C22H31N9O5/c1-13-7-16-17(8-14(13)2)31(22(32)20(25-16)21-26-28-29-30(21)4)10-19(36-12-34-6)15(3)18(9-24-27-23)35-11-33-5/h7-8,15,18-19H,9-12H2,1-6H3/t15-,18-,19+/m1/s1. The van der Waals surface area contributed by atoms with Gasteiger partial charge in [0.25, 0.3) is 5.56 Å². The summed E-state index contributed by atoms with van der Waals surface area (Å²) < 4.78 is 25.0. The largest absolute Gasteiger partial charge is 0.359 e. The summed E-state index contributed by atoms with van der Waals surface area (Å²) in [5.74, 6) is -0.0663. The van der Waals surface area contributed by atoms with Crippen molar-refractivity contribution in [2.45, 2.75) is 39.5 Å². The molecular weight excluding hydrogens is 470 g/mol. The van der Waals surface area contributed by atoms with E-state index < -0.39 is 12.2 Å². The molecule has 3 aromatic rings. The minimum absolute atomic E-state index is 0.00681. The van der Waals surface area contributed by atoms with Crippen molar-refractivity contribution < 1.29 is 18.9 Å². The van der Waals surface area contributed by atoms with Crippen molar-refractivity contribution in [2.24, 2.45) is 18.1 Å². The van der Waals surface area contributed by atoms with Crippen LogP contribution in [0, 0.1) is 19.8 Å². The third-order valence-corrected chi connectivity index (χ3v) is 6.05. The average Bonchev–Trinajstić information content (AvgIpc) is 3.29. The van der Waals surface area contributed by atoms with E-state index in [4.69, 9.17) is 24.5 Å². The Hall–Kier alpha value is -3.42. The number of aromatic nitrogens is 6. The van der Waals surface area contributed by atoms with Crippen LogP contribution >= 0.6 is 0 Å². The molecule has 0 amide bonds. The first kappa shape index (κ1) is 27.2. The van der Waals surface area contributed by atoms with Gasteiger partial charge in [0.1, 0.15) is 13.6 Å². The zero-order chi connectivity index (χ0) is 26.2. The lowest BCUT2D eigenvalue weighted by atomic mass is 9.97. The van der Waals surface area contributed by atoms with Crippen molar-refractivity contribution in [1.82, 2.24) is 29.8 Å². The molecule has 0 radical (unpaired) electrons. The Morgan fingerprint density at radius 3 is 2.39 bits per heavy atom. The van der Waals surface area contributed by atoms with Crippen molar-refractivity contribution in [2.75, 3.05) is 34.4 Å². The number of hydrogen-bond acceptors (Lipinski definition) is 10. The van der Waals surface area contributed by atoms with E-state index in [0.717, 1.165) is 11.1 Å². The molecule has 0 fully saturated rings. The number of methoxy groups -OCH3 is 2. The van der Waals surface area contributed by atoms with Gasteiger partial charge in [-0.25, -0.2) is 9.67 Å². The SMILES string of the molecule is COCO[C@@H](Cn1c(=O)c(-c2nnnn2C)nc2cc(C)c(C)cc21)[C@H](C)[C@@H](CN=[N+]=[N-])OCOC. The van der Waals surface area contributed by atoms with Gasteiger partial charge in [0.05, 0.1) is 36.3 Å². The number of hydrogen-bond donors (Lipinski definition) is 0. The second-order valence-corrected chi connectivity index (χ2v) is 8.42. The van der Waals surface area contributed by atoms with Gasteiger partial charge in [-0.3, -0.25) is 4.79 Å². The Labute approximate surface area is 207 Å². The molecule has 1 aromatic carbocycles. The first-order valence-electron chi connectivity index (χ1n) is 11.3. The predicted molar refractivity (Wildman–Crippen MR) is 130 cm³/mol. The molecule has 2 aromatic heterocycles. The molecule has 0 aliphatic carbocycles. The van der Waals surface area contributed by atoms with Crippen molar-refractivity contribution in [1.29, 1.82) is 0 Å². The maximum atomic E-state index is 13.8. The third-order valence-electron chi connectivity index (χ3n) is 6.05. The van der Waals surface area contributed by atoms with Crippen LogP contribution in [-0.4, -0.2) is 76.3 Å². The van der Waals surface area contributed by atoms with Crippen molar-refractivity contribution >= 4 is 11.0 Å². The van der Waals surface area contributed by atoms with Crippen LogP contribution in [-0.2, 0) is 32.5 Å². The Balaban J connectivity index is 2.14. The van der Waals surface area contributed by atoms with E-state index in [0.29, 0.717) is 11.0 Å². The van der Waals surface area contributed by atoms with Crippen LogP contribution in [0.15, 0.2) is 22.0 Å². The van der Waals surface area contributed by atoms with E-state index in [1.54, 1.807) is 11.6 Å². The van der Waals surface area contributed by atoms with Crippen molar-refractivity contribution in [3.63, 3.8) is 0 Å². The highest BCUT2D eigenvalue weighted by Crippen LogP contribution is 2.23. The normalized spacial score (nSPS) is 13.9. The summed E-state index contributed by atoms with van der Waals surface area (Å²) >= 11 is 0. The molecule has 0 N–H and O–H groups in total. The minimum Gasteiger partial charge on any atom is -0.359 e. The van der Waals surface area contributed by atoms with Crippen LogP contribution in [0.4, 0.5) is 0 Å². The molecule has 14 heteroatoms. The Morgan fingerprint density at radius 1 is 1.11 bits per heavy atom. The molecule has 3 rings (SSSR count). The van der Waals surface area contributed by atoms with E-state index in [-0.39, 0.29) is 49.7 Å². The van der Waals surface area contributed by atoms with Crippen molar-refractivity contribution in [3.05, 3.63) is 44.1 Å². The Kier molecular flexibility index (Phi) is 9.44. The van der Waals surface area contributed by atoms with Crippen LogP contribution in [0.3, 0.4) is 0 Å². The third kappa shape index (κ3) is 6.04. The molecule has 0 saturated carbocycles. The van der Waals surface area contributed by atoms with Gasteiger partial charge in [-0.2, -0.15) is 0 Å². The maximum absolute atomic E-state index is 13.8. The summed E-state index contributed by atoms with van der Waals surface area (Å²) in [5.41, 5.74) is 11.9. The van der Waals surface area contributed by atoms with E-state index in [1.165, 1.54) is 18.9 Å². The molecule has 0 saturated heterocycles. The molecule has 0 aliphatic heterocycles. The molecule has 0 spiro atoms. The summed E-state index contributed by atoms with van der Waals surface area (Å²) in [4.78, 5) is 21.2. The van der Waals surface area contributed by atoms with Gasteiger partial charge in [0.15, 0.2) is 5.69 Å². The molecule has 0 bridgehead atoms. The van der Waals surface area contributed by atoms with Gasteiger partial charge in [-0.05, 0) is 53.1 Å². The number of benzene rings is 1. The molecule has 3 atom stereocenters. The average molecular weight is 502 g/mol. The fourth-order valence-corrected chi connectivity index (χ4v) is 3.84. The quantitative estimate of drug-likeness (QED) is 0.148. The number of tetrazole rings is 1. The summed E-state index contributed by atoms with van der Waals surface area (Å²) in [6.07, 6.45) is -1.09. The Bertz CT molecular complexity index is 1280. The lowest BCUT2D eigenvalue weighted by molar-refractivity contribution is -0.140. The molecule has 0 aliphatic rings. The van der Waals surface area contributed by atoms with Crippen molar-refractivity contribution in [3.8, 4) is 11.5 Å². The first-order valence-corrected chi connectivity index (χ1v) is 11.3. The fraction of sp³-hybridized carbons (Fsp3) is 0.591.